The number of hydrogen-bond donors (Lipinski definition) is 2. The third kappa shape index (κ3) is 5.20. The summed E-state index contributed by atoms with van der Waals surface area (Å²) < 4.78 is 5.35. The van der Waals surface area contributed by atoms with Crippen molar-refractivity contribution in [2.75, 3.05) is 51.3 Å². The van der Waals surface area contributed by atoms with Crippen LogP contribution in [0, 0.1) is 0 Å². The number of morpholine rings is 1. The standard InChI is InChI=1S/C24H31N5O2S/c30-23(7-10-28-11-13-31-14-12-28)27-24-26-19(17-32-24)16-29-8-5-18(6-9-29)21-15-25-22-4-2-1-3-20(21)22/h1-4,15,17-18,25H,5-14,16H2,(H,26,27,30). The van der Waals surface area contributed by atoms with Crippen molar-refractivity contribution in [3.8, 4) is 0 Å². The molecule has 170 valence electrons. The fourth-order valence-corrected chi connectivity index (χ4v) is 5.48. The second kappa shape index (κ2) is 10.1. The number of nitrogens with zero attached hydrogens (tertiary/aromatic N) is 3. The van der Waals surface area contributed by atoms with Gasteiger partial charge in [0.1, 0.15) is 0 Å². The number of hydrogen-bond acceptors (Lipinski definition) is 6. The molecule has 3 aromatic rings. The Morgan fingerprint density at radius 2 is 1.97 bits per heavy atom. The van der Waals surface area contributed by atoms with E-state index in [1.165, 1.54) is 27.8 Å². The van der Waals surface area contributed by atoms with E-state index in [0.717, 1.165) is 71.0 Å². The van der Waals surface area contributed by atoms with Crippen molar-refractivity contribution < 1.29 is 9.53 Å². The average Bonchev–Trinajstić information content (AvgIpc) is 3.46. The van der Waals surface area contributed by atoms with Gasteiger partial charge in [-0.2, -0.15) is 0 Å². The Balaban J connectivity index is 1.08. The van der Waals surface area contributed by atoms with Crippen molar-refractivity contribution in [3.63, 3.8) is 0 Å². The monoisotopic (exact) mass is 453 g/mol. The first-order chi connectivity index (χ1) is 15.7. The number of carbonyl (C=O) groups is 1. The molecule has 2 aromatic heterocycles. The summed E-state index contributed by atoms with van der Waals surface area (Å²) in [5, 5.41) is 7.11. The molecule has 0 atom stereocenters. The Morgan fingerprint density at radius 1 is 1.16 bits per heavy atom. The number of para-hydroxylation sites is 1. The largest absolute Gasteiger partial charge is 0.379 e. The molecule has 0 radical (unpaired) electrons. The van der Waals surface area contributed by atoms with Crippen LogP contribution >= 0.6 is 11.3 Å². The van der Waals surface area contributed by atoms with E-state index < -0.39 is 0 Å². The second-order valence-corrected chi connectivity index (χ2v) is 9.59. The maximum Gasteiger partial charge on any atom is 0.227 e. The topological polar surface area (TPSA) is 73.5 Å². The van der Waals surface area contributed by atoms with Crippen molar-refractivity contribution in [1.29, 1.82) is 0 Å². The predicted octanol–water partition coefficient (Wildman–Crippen LogP) is 3.66. The molecule has 1 aromatic carbocycles. The van der Waals surface area contributed by atoms with Crippen LogP contribution in [0.2, 0.25) is 0 Å². The highest BCUT2D eigenvalue weighted by Crippen LogP contribution is 2.33. The number of fused-ring (bicyclic) bond motifs is 1. The minimum absolute atomic E-state index is 0.0388. The van der Waals surface area contributed by atoms with Crippen LogP contribution in [-0.2, 0) is 16.1 Å². The summed E-state index contributed by atoms with van der Waals surface area (Å²) in [6.45, 7) is 7.11. The number of thiazole rings is 1. The molecular formula is C24H31N5O2S. The van der Waals surface area contributed by atoms with Crippen molar-refractivity contribution in [1.82, 2.24) is 19.8 Å². The van der Waals surface area contributed by atoms with E-state index in [0.29, 0.717) is 17.5 Å². The molecule has 8 heteroatoms. The predicted molar refractivity (Wildman–Crippen MR) is 128 cm³/mol. The van der Waals surface area contributed by atoms with Crippen molar-refractivity contribution in [3.05, 3.63) is 47.1 Å². The van der Waals surface area contributed by atoms with Crippen LogP contribution < -0.4 is 5.32 Å². The molecule has 2 N–H and O–H groups in total. The van der Waals surface area contributed by atoms with Crippen LogP contribution in [0.4, 0.5) is 5.13 Å². The Bertz CT molecular complexity index is 1030. The van der Waals surface area contributed by atoms with Crippen LogP contribution in [0.25, 0.3) is 10.9 Å². The lowest BCUT2D eigenvalue weighted by atomic mass is 9.89. The van der Waals surface area contributed by atoms with Gasteiger partial charge in [0.25, 0.3) is 0 Å². The number of carbonyl (C=O) groups excluding carboxylic acids is 1. The van der Waals surface area contributed by atoms with Crippen molar-refractivity contribution in [2.24, 2.45) is 0 Å². The van der Waals surface area contributed by atoms with Crippen molar-refractivity contribution >= 4 is 33.3 Å². The summed E-state index contributed by atoms with van der Waals surface area (Å²) in [5.41, 5.74) is 3.73. The molecule has 2 aliphatic rings. The molecule has 32 heavy (non-hydrogen) atoms. The van der Waals surface area contributed by atoms with Gasteiger partial charge in [0.15, 0.2) is 5.13 Å². The first kappa shape index (κ1) is 21.6. The van der Waals surface area contributed by atoms with E-state index in [1.807, 2.05) is 0 Å². The zero-order chi connectivity index (χ0) is 21.8. The van der Waals surface area contributed by atoms with Gasteiger partial charge >= 0.3 is 0 Å². The average molecular weight is 454 g/mol. The quantitative estimate of drug-likeness (QED) is 0.571. The lowest BCUT2D eigenvalue weighted by Crippen LogP contribution is -2.38. The Hall–Kier alpha value is -2.26. The maximum atomic E-state index is 12.3. The lowest BCUT2D eigenvalue weighted by Gasteiger charge is -2.31. The summed E-state index contributed by atoms with van der Waals surface area (Å²) >= 11 is 1.52. The summed E-state index contributed by atoms with van der Waals surface area (Å²) in [5.74, 6) is 0.649. The number of amides is 1. The summed E-state index contributed by atoms with van der Waals surface area (Å²) in [7, 11) is 0. The Labute approximate surface area is 192 Å². The molecule has 1 amide bonds. The number of piperidine rings is 1. The number of ether oxygens (including phenoxy) is 1. The summed E-state index contributed by atoms with van der Waals surface area (Å²) in [6.07, 6.45) is 5.02. The summed E-state index contributed by atoms with van der Waals surface area (Å²) in [6, 6.07) is 8.57. The van der Waals surface area contributed by atoms with E-state index >= 15 is 0 Å². The highest BCUT2D eigenvalue weighted by Gasteiger charge is 2.23. The molecule has 0 unspecified atom stereocenters. The molecule has 2 aliphatic heterocycles. The van der Waals surface area contributed by atoms with Gasteiger partial charge in [0, 0.05) is 55.1 Å². The fourth-order valence-electron chi connectivity index (χ4n) is 4.77. The number of nitrogens with one attached hydrogen (secondary N) is 2. The van der Waals surface area contributed by atoms with Gasteiger partial charge in [0.05, 0.1) is 18.9 Å². The SMILES string of the molecule is O=C(CCN1CCOCC1)Nc1nc(CN2CCC(c3c[nH]c4ccccc34)CC2)cs1. The van der Waals surface area contributed by atoms with E-state index in [2.05, 4.69) is 60.9 Å². The minimum Gasteiger partial charge on any atom is -0.379 e. The molecule has 7 nitrogen and oxygen atoms in total. The smallest absolute Gasteiger partial charge is 0.227 e. The van der Waals surface area contributed by atoms with E-state index in [-0.39, 0.29) is 5.91 Å². The lowest BCUT2D eigenvalue weighted by molar-refractivity contribution is -0.116. The number of anilines is 1. The van der Waals surface area contributed by atoms with Crippen LogP contribution in [0.1, 0.15) is 36.4 Å². The van der Waals surface area contributed by atoms with E-state index in [1.54, 1.807) is 0 Å². The molecular weight excluding hydrogens is 422 g/mol. The maximum absolute atomic E-state index is 12.3. The Morgan fingerprint density at radius 3 is 2.81 bits per heavy atom. The van der Waals surface area contributed by atoms with E-state index in [4.69, 9.17) is 4.74 Å². The third-order valence-corrected chi connectivity index (χ3v) is 7.40. The molecule has 5 rings (SSSR count). The number of likely N-dealkylation sites (tertiary alicyclic amines) is 1. The highest BCUT2D eigenvalue weighted by atomic mass is 32.1. The van der Waals surface area contributed by atoms with Gasteiger partial charge in [-0.1, -0.05) is 18.2 Å². The van der Waals surface area contributed by atoms with Gasteiger partial charge in [-0.15, -0.1) is 11.3 Å². The first-order valence-electron chi connectivity index (χ1n) is 11.6. The van der Waals surface area contributed by atoms with Crippen molar-refractivity contribution in [2.45, 2.75) is 31.7 Å². The molecule has 4 heterocycles. The molecule has 0 aliphatic carbocycles. The van der Waals surface area contributed by atoms with Crippen LogP contribution in [0.5, 0.6) is 0 Å². The number of benzene rings is 1. The molecule has 0 bridgehead atoms. The molecule has 2 fully saturated rings. The Kier molecular flexibility index (Phi) is 6.83. The zero-order valence-corrected chi connectivity index (χ0v) is 19.2. The highest BCUT2D eigenvalue weighted by molar-refractivity contribution is 7.13. The second-order valence-electron chi connectivity index (χ2n) is 8.74. The zero-order valence-electron chi connectivity index (χ0n) is 18.4. The summed E-state index contributed by atoms with van der Waals surface area (Å²) in [4.78, 5) is 25.1. The van der Waals surface area contributed by atoms with Crippen LogP contribution in [0.3, 0.4) is 0 Å². The minimum atomic E-state index is 0.0388. The van der Waals surface area contributed by atoms with Crippen LogP contribution in [-0.4, -0.2) is 71.6 Å². The number of aromatic amines is 1. The van der Waals surface area contributed by atoms with Gasteiger partial charge in [-0.05, 0) is 43.5 Å². The third-order valence-electron chi connectivity index (χ3n) is 6.59. The first-order valence-corrected chi connectivity index (χ1v) is 12.5. The molecule has 0 spiro atoms. The van der Waals surface area contributed by atoms with Gasteiger partial charge in [-0.25, -0.2) is 4.98 Å². The van der Waals surface area contributed by atoms with Crippen LogP contribution in [0.15, 0.2) is 35.8 Å². The normalized spacial score (nSPS) is 18.9. The molecule has 0 saturated carbocycles. The fraction of sp³-hybridized carbons (Fsp3) is 0.500. The number of H-pyrrole nitrogens is 1. The number of rotatable bonds is 7. The van der Waals surface area contributed by atoms with Gasteiger partial charge < -0.3 is 15.0 Å². The number of aromatic nitrogens is 2. The van der Waals surface area contributed by atoms with E-state index in [9.17, 15) is 4.79 Å². The molecule has 2 saturated heterocycles. The van der Waals surface area contributed by atoms with Gasteiger partial charge in [-0.3, -0.25) is 14.6 Å². The van der Waals surface area contributed by atoms with Gasteiger partial charge in [0.2, 0.25) is 5.91 Å².